The molecule has 1 amide bonds. The van der Waals surface area contributed by atoms with Crippen LogP contribution in [-0.2, 0) is 4.79 Å². The molecule has 1 heterocycles. The highest BCUT2D eigenvalue weighted by Gasteiger charge is 2.32. The summed E-state index contributed by atoms with van der Waals surface area (Å²) in [4.78, 5) is 10.9. The Balaban J connectivity index is 2.12. The van der Waals surface area contributed by atoms with Gasteiger partial charge in [0.1, 0.15) is 11.4 Å². The third-order valence-corrected chi connectivity index (χ3v) is 3.35. The minimum atomic E-state index is -0.130. The molecule has 1 aliphatic rings. The van der Waals surface area contributed by atoms with Crippen molar-refractivity contribution in [2.24, 2.45) is 0 Å². The molecule has 0 radical (unpaired) electrons. The van der Waals surface area contributed by atoms with E-state index in [4.69, 9.17) is 4.74 Å². The zero-order valence-corrected chi connectivity index (χ0v) is 11.3. The van der Waals surface area contributed by atoms with E-state index in [1.165, 1.54) is 5.56 Å². The average molecular weight is 247 g/mol. The summed E-state index contributed by atoms with van der Waals surface area (Å²) in [6, 6.07) is 8.21. The lowest BCUT2D eigenvalue weighted by atomic mass is 9.82. The molecule has 0 aliphatic carbocycles. The molecule has 0 aromatic heterocycles. The van der Waals surface area contributed by atoms with Gasteiger partial charge in [0.25, 0.3) is 0 Å². The van der Waals surface area contributed by atoms with Gasteiger partial charge in [-0.25, -0.2) is 0 Å². The molecule has 2 rings (SSSR count). The van der Waals surface area contributed by atoms with Crippen molar-refractivity contribution in [1.29, 1.82) is 0 Å². The van der Waals surface area contributed by atoms with Gasteiger partial charge in [-0.15, -0.1) is 0 Å². The van der Waals surface area contributed by atoms with Crippen LogP contribution in [0, 0.1) is 0 Å². The molecule has 1 atom stereocenters. The molecule has 0 unspecified atom stereocenters. The predicted octanol–water partition coefficient (Wildman–Crippen LogP) is 2.86. The van der Waals surface area contributed by atoms with Crippen molar-refractivity contribution in [2.45, 2.75) is 45.1 Å². The summed E-state index contributed by atoms with van der Waals surface area (Å²) in [5.41, 5.74) is 1.14. The normalized spacial score (nSPS) is 20.7. The van der Waals surface area contributed by atoms with E-state index in [1.54, 1.807) is 6.92 Å². The molecule has 3 nitrogen and oxygen atoms in total. The molecular formula is C15H21NO2. The Kier molecular flexibility index (Phi) is 3.60. The first-order chi connectivity index (χ1) is 8.48. The van der Waals surface area contributed by atoms with Crippen LogP contribution in [0.1, 0.15) is 45.1 Å². The highest BCUT2D eigenvalue weighted by molar-refractivity contribution is 5.72. The van der Waals surface area contributed by atoms with Gasteiger partial charge in [-0.1, -0.05) is 18.2 Å². The number of ether oxygens (including phenoxy) is 1. The van der Waals surface area contributed by atoms with E-state index in [0.29, 0.717) is 5.92 Å². The van der Waals surface area contributed by atoms with E-state index in [0.717, 1.165) is 25.1 Å². The van der Waals surface area contributed by atoms with Gasteiger partial charge in [-0.3, -0.25) is 4.79 Å². The van der Waals surface area contributed by atoms with E-state index in [1.807, 2.05) is 18.2 Å². The lowest BCUT2D eigenvalue weighted by Gasteiger charge is -2.37. The number of hydrogen-bond acceptors (Lipinski definition) is 2. The fourth-order valence-electron chi connectivity index (χ4n) is 2.63. The molecule has 0 fully saturated rings. The Bertz CT molecular complexity index is 440. The first-order valence-corrected chi connectivity index (χ1v) is 6.50. The summed E-state index contributed by atoms with van der Waals surface area (Å²) in [6.45, 7) is 6.52. The minimum absolute atomic E-state index is 0.0367. The smallest absolute Gasteiger partial charge is 0.216 e. The minimum Gasteiger partial charge on any atom is -0.488 e. The van der Waals surface area contributed by atoms with Gasteiger partial charge in [0.05, 0.1) is 0 Å². The van der Waals surface area contributed by atoms with E-state index in [2.05, 4.69) is 25.2 Å². The highest BCUT2D eigenvalue weighted by atomic mass is 16.5. The molecule has 0 bridgehead atoms. The summed E-state index contributed by atoms with van der Waals surface area (Å²) in [5, 5.41) is 2.87. The molecule has 0 spiro atoms. The Morgan fingerprint density at radius 1 is 1.44 bits per heavy atom. The lowest BCUT2D eigenvalue weighted by molar-refractivity contribution is -0.118. The predicted molar refractivity (Wildman–Crippen MR) is 71.8 cm³/mol. The zero-order valence-electron chi connectivity index (χ0n) is 11.3. The Hall–Kier alpha value is -1.51. The third kappa shape index (κ3) is 3.03. The van der Waals surface area contributed by atoms with Crippen molar-refractivity contribution in [3.63, 3.8) is 0 Å². The maximum absolute atomic E-state index is 10.9. The summed E-state index contributed by atoms with van der Waals surface area (Å²) < 4.78 is 5.99. The van der Waals surface area contributed by atoms with E-state index < -0.39 is 0 Å². The molecule has 1 aromatic rings. The first kappa shape index (κ1) is 12.9. The molecule has 1 aliphatic heterocycles. The van der Waals surface area contributed by atoms with Crippen LogP contribution in [0.3, 0.4) is 0 Å². The van der Waals surface area contributed by atoms with E-state index in [9.17, 15) is 4.79 Å². The Morgan fingerprint density at radius 2 is 2.17 bits per heavy atom. The average Bonchev–Trinajstić information content (AvgIpc) is 2.27. The summed E-state index contributed by atoms with van der Waals surface area (Å²) in [5.74, 6) is 1.48. The molecule has 0 saturated carbocycles. The molecular weight excluding hydrogens is 226 g/mol. The number of nitrogens with one attached hydrogen (secondary N) is 1. The summed E-state index contributed by atoms with van der Waals surface area (Å²) in [7, 11) is 0. The summed E-state index contributed by atoms with van der Waals surface area (Å²) in [6.07, 6.45) is 1.95. The second kappa shape index (κ2) is 5.01. The van der Waals surface area contributed by atoms with Crippen LogP contribution in [0.15, 0.2) is 24.3 Å². The summed E-state index contributed by atoms with van der Waals surface area (Å²) >= 11 is 0. The van der Waals surface area contributed by atoms with Gasteiger partial charge in [0, 0.05) is 13.5 Å². The number of fused-ring (bicyclic) bond motifs is 1. The van der Waals surface area contributed by atoms with Crippen molar-refractivity contribution in [2.75, 3.05) is 6.54 Å². The molecule has 3 heteroatoms. The lowest BCUT2D eigenvalue weighted by Crippen LogP contribution is -2.36. The molecule has 1 aromatic carbocycles. The number of hydrogen-bond donors (Lipinski definition) is 1. The second-order valence-corrected chi connectivity index (χ2v) is 5.57. The number of para-hydroxylation sites is 1. The van der Waals surface area contributed by atoms with E-state index in [-0.39, 0.29) is 11.5 Å². The van der Waals surface area contributed by atoms with Gasteiger partial charge >= 0.3 is 0 Å². The zero-order chi connectivity index (χ0) is 13.2. The Labute approximate surface area is 109 Å². The van der Waals surface area contributed by atoms with Crippen LogP contribution in [0.25, 0.3) is 0 Å². The standard InChI is InChI=1S/C15H21NO2/c1-11(17)16-9-8-12-10-15(2,3)18-14-7-5-4-6-13(12)14/h4-7,12H,8-10H2,1-3H3,(H,16,17)/t12-/m0/s1. The van der Waals surface area contributed by atoms with Gasteiger partial charge in [0.15, 0.2) is 0 Å². The van der Waals surface area contributed by atoms with Crippen LogP contribution in [0.5, 0.6) is 5.75 Å². The largest absolute Gasteiger partial charge is 0.488 e. The number of rotatable bonds is 3. The maximum Gasteiger partial charge on any atom is 0.216 e. The SMILES string of the molecule is CC(=O)NCC[C@H]1CC(C)(C)Oc2ccccc21. The fourth-order valence-corrected chi connectivity index (χ4v) is 2.63. The maximum atomic E-state index is 10.9. The van der Waals surface area contributed by atoms with Crippen molar-refractivity contribution >= 4 is 5.91 Å². The molecule has 18 heavy (non-hydrogen) atoms. The monoisotopic (exact) mass is 247 g/mol. The van der Waals surface area contributed by atoms with Crippen molar-refractivity contribution < 1.29 is 9.53 Å². The van der Waals surface area contributed by atoms with E-state index >= 15 is 0 Å². The molecule has 0 saturated heterocycles. The van der Waals surface area contributed by atoms with Crippen LogP contribution in [-0.4, -0.2) is 18.1 Å². The van der Waals surface area contributed by atoms with Gasteiger partial charge in [-0.2, -0.15) is 0 Å². The van der Waals surface area contributed by atoms with Crippen molar-refractivity contribution in [3.05, 3.63) is 29.8 Å². The van der Waals surface area contributed by atoms with Crippen LogP contribution in [0.4, 0.5) is 0 Å². The fraction of sp³-hybridized carbons (Fsp3) is 0.533. The first-order valence-electron chi connectivity index (χ1n) is 6.50. The van der Waals surface area contributed by atoms with Gasteiger partial charge in [-0.05, 0) is 44.2 Å². The van der Waals surface area contributed by atoms with Crippen LogP contribution >= 0.6 is 0 Å². The topological polar surface area (TPSA) is 38.3 Å². The highest BCUT2D eigenvalue weighted by Crippen LogP contribution is 2.41. The number of carbonyl (C=O) groups excluding carboxylic acids is 1. The van der Waals surface area contributed by atoms with Crippen LogP contribution in [0.2, 0.25) is 0 Å². The molecule has 1 N–H and O–H groups in total. The van der Waals surface area contributed by atoms with Gasteiger partial charge < -0.3 is 10.1 Å². The van der Waals surface area contributed by atoms with Crippen LogP contribution < -0.4 is 10.1 Å². The van der Waals surface area contributed by atoms with Crippen molar-refractivity contribution in [3.8, 4) is 5.75 Å². The number of benzene rings is 1. The van der Waals surface area contributed by atoms with Crippen molar-refractivity contribution in [1.82, 2.24) is 5.32 Å². The van der Waals surface area contributed by atoms with Gasteiger partial charge in [0.2, 0.25) is 5.91 Å². The number of carbonyl (C=O) groups is 1. The quantitative estimate of drug-likeness (QED) is 0.892. The molecule has 98 valence electrons. The number of amides is 1. The third-order valence-electron chi connectivity index (χ3n) is 3.35. The Morgan fingerprint density at radius 3 is 2.89 bits per heavy atom. The second-order valence-electron chi connectivity index (χ2n) is 5.57.